The topological polar surface area (TPSA) is 17.1 Å². The van der Waals surface area contributed by atoms with E-state index >= 15 is 0 Å². The predicted molar refractivity (Wildman–Crippen MR) is 91.8 cm³/mol. The van der Waals surface area contributed by atoms with Crippen molar-refractivity contribution in [2.75, 3.05) is 0 Å². The van der Waals surface area contributed by atoms with E-state index < -0.39 is 0 Å². The molecule has 0 aliphatic heterocycles. The van der Waals surface area contributed by atoms with Gasteiger partial charge in [0.2, 0.25) is 0 Å². The van der Waals surface area contributed by atoms with Crippen LogP contribution in [0.4, 0.5) is 0 Å². The van der Waals surface area contributed by atoms with Crippen molar-refractivity contribution in [3.8, 4) is 0 Å². The number of halogens is 2. The maximum Gasteiger partial charge on any atom is 0.194 e. The van der Waals surface area contributed by atoms with Gasteiger partial charge in [-0.3, -0.25) is 4.79 Å². The lowest BCUT2D eigenvalue weighted by molar-refractivity contribution is 0.104. The van der Waals surface area contributed by atoms with Crippen LogP contribution in [0.25, 0.3) is 10.1 Å². The third-order valence-corrected chi connectivity index (χ3v) is 5.51. The second-order valence-electron chi connectivity index (χ2n) is 4.61. The van der Waals surface area contributed by atoms with E-state index in [1.807, 2.05) is 48.7 Å². The van der Waals surface area contributed by atoms with Crippen LogP contribution in [0.5, 0.6) is 0 Å². The first-order chi connectivity index (χ1) is 9.56. The normalized spacial score (nSPS) is 10.9. The molecule has 1 heterocycles. The molecular weight excluding hydrogens is 400 g/mol. The summed E-state index contributed by atoms with van der Waals surface area (Å²) in [5.74, 6) is 0.0683. The van der Waals surface area contributed by atoms with Gasteiger partial charge in [0, 0.05) is 35.5 Å². The van der Waals surface area contributed by atoms with Crippen LogP contribution < -0.4 is 0 Å². The Balaban J connectivity index is 2.15. The Bertz CT molecular complexity index is 800. The number of ketones is 1. The molecule has 0 saturated carbocycles. The molecule has 0 radical (unpaired) electrons. The Labute approximate surface area is 137 Å². The molecule has 20 heavy (non-hydrogen) atoms. The molecular formula is C16H10Br2OS. The van der Waals surface area contributed by atoms with E-state index in [0.29, 0.717) is 0 Å². The Kier molecular flexibility index (Phi) is 3.80. The number of hydrogen-bond donors (Lipinski definition) is 0. The van der Waals surface area contributed by atoms with E-state index in [0.717, 1.165) is 35.7 Å². The Morgan fingerprint density at radius 1 is 1.15 bits per heavy atom. The lowest BCUT2D eigenvalue weighted by Crippen LogP contribution is -2.00. The van der Waals surface area contributed by atoms with E-state index in [4.69, 9.17) is 0 Å². The van der Waals surface area contributed by atoms with Crippen molar-refractivity contribution in [2.45, 2.75) is 6.92 Å². The molecule has 0 atom stereocenters. The third kappa shape index (κ3) is 2.48. The van der Waals surface area contributed by atoms with Gasteiger partial charge in [0.25, 0.3) is 0 Å². The number of hydrogen-bond acceptors (Lipinski definition) is 2. The molecule has 0 amide bonds. The highest BCUT2D eigenvalue weighted by Gasteiger charge is 2.16. The zero-order valence-electron chi connectivity index (χ0n) is 10.6. The van der Waals surface area contributed by atoms with Crippen LogP contribution >= 0.6 is 43.2 Å². The molecule has 1 nitrogen and oxygen atoms in total. The quantitative estimate of drug-likeness (QED) is 0.476. The van der Waals surface area contributed by atoms with Crippen molar-refractivity contribution in [2.24, 2.45) is 0 Å². The minimum Gasteiger partial charge on any atom is -0.289 e. The van der Waals surface area contributed by atoms with E-state index in [-0.39, 0.29) is 5.78 Å². The fourth-order valence-electron chi connectivity index (χ4n) is 2.22. The van der Waals surface area contributed by atoms with E-state index in [1.54, 1.807) is 11.3 Å². The highest BCUT2D eigenvalue weighted by Crippen LogP contribution is 2.33. The zero-order chi connectivity index (χ0) is 14.3. The predicted octanol–water partition coefficient (Wildman–Crippen LogP) is 5.97. The fourth-order valence-corrected chi connectivity index (χ4v) is 4.43. The van der Waals surface area contributed by atoms with E-state index in [2.05, 4.69) is 31.9 Å². The summed E-state index contributed by atoms with van der Waals surface area (Å²) in [4.78, 5) is 12.7. The van der Waals surface area contributed by atoms with Crippen LogP contribution in [0.3, 0.4) is 0 Å². The molecule has 0 N–H and O–H groups in total. The van der Waals surface area contributed by atoms with Crippen molar-refractivity contribution < 1.29 is 4.79 Å². The van der Waals surface area contributed by atoms with Crippen LogP contribution in [0.2, 0.25) is 0 Å². The molecule has 2 aromatic carbocycles. The first-order valence-corrected chi connectivity index (χ1v) is 8.50. The van der Waals surface area contributed by atoms with Gasteiger partial charge >= 0.3 is 0 Å². The van der Waals surface area contributed by atoms with E-state index in [9.17, 15) is 4.79 Å². The van der Waals surface area contributed by atoms with Crippen molar-refractivity contribution in [1.29, 1.82) is 0 Å². The van der Waals surface area contributed by atoms with Gasteiger partial charge in [-0.25, -0.2) is 0 Å². The average Bonchev–Trinajstić information content (AvgIpc) is 2.82. The molecule has 0 aliphatic carbocycles. The molecule has 0 spiro atoms. The zero-order valence-corrected chi connectivity index (χ0v) is 14.6. The van der Waals surface area contributed by atoms with Crippen LogP contribution in [0.1, 0.15) is 21.5 Å². The van der Waals surface area contributed by atoms with Gasteiger partial charge in [-0.15, -0.1) is 11.3 Å². The van der Waals surface area contributed by atoms with Gasteiger partial charge < -0.3 is 0 Å². The minimum atomic E-state index is 0.0683. The second kappa shape index (κ2) is 5.43. The summed E-state index contributed by atoms with van der Waals surface area (Å²) >= 11 is 8.57. The summed E-state index contributed by atoms with van der Waals surface area (Å²) in [7, 11) is 0. The molecule has 1 aromatic heterocycles. The second-order valence-corrected chi connectivity index (χ2v) is 7.26. The molecule has 3 rings (SSSR count). The molecule has 0 unspecified atom stereocenters. The van der Waals surface area contributed by atoms with Gasteiger partial charge in [-0.2, -0.15) is 0 Å². The molecule has 0 saturated heterocycles. The summed E-state index contributed by atoms with van der Waals surface area (Å²) in [6, 6.07) is 11.7. The Morgan fingerprint density at radius 2 is 1.95 bits per heavy atom. The fraction of sp³-hybridized carbons (Fsp3) is 0.0625. The molecule has 100 valence electrons. The Morgan fingerprint density at radius 3 is 2.70 bits per heavy atom. The molecule has 0 fully saturated rings. The summed E-state index contributed by atoms with van der Waals surface area (Å²) in [5, 5.41) is 2.94. The monoisotopic (exact) mass is 408 g/mol. The Hall–Kier alpha value is -0.970. The molecule has 0 bridgehead atoms. The summed E-state index contributed by atoms with van der Waals surface area (Å²) < 4.78 is 3.08. The summed E-state index contributed by atoms with van der Waals surface area (Å²) in [5.41, 5.74) is 2.56. The SMILES string of the molecule is Cc1cc(Br)cc(C(=O)c2csc3c(Br)cccc23)c1. The number of thiophene rings is 1. The lowest BCUT2D eigenvalue weighted by Gasteiger charge is -2.03. The third-order valence-electron chi connectivity index (χ3n) is 3.10. The van der Waals surface area contributed by atoms with Crippen molar-refractivity contribution in [3.05, 3.63) is 67.4 Å². The number of rotatable bonds is 2. The van der Waals surface area contributed by atoms with Gasteiger partial charge in [-0.1, -0.05) is 28.1 Å². The van der Waals surface area contributed by atoms with Gasteiger partial charge in [0.05, 0.1) is 0 Å². The highest BCUT2D eigenvalue weighted by molar-refractivity contribution is 9.11. The minimum absolute atomic E-state index is 0.0683. The molecule has 4 heteroatoms. The van der Waals surface area contributed by atoms with Crippen LogP contribution in [-0.2, 0) is 0 Å². The van der Waals surface area contributed by atoms with Crippen molar-refractivity contribution in [1.82, 2.24) is 0 Å². The summed E-state index contributed by atoms with van der Waals surface area (Å²) in [6.45, 7) is 1.99. The average molecular weight is 410 g/mol. The number of carbonyl (C=O) groups is 1. The number of fused-ring (bicyclic) bond motifs is 1. The lowest BCUT2D eigenvalue weighted by atomic mass is 10.0. The highest BCUT2D eigenvalue weighted by atomic mass is 79.9. The summed E-state index contributed by atoms with van der Waals surface area (Å²) in [6.07, 6.45) is 0. The number of carbonyl (C=O) groups excluding carboxylic acids is 1. The maximum absolute atomic E-state index is 12.7. The van der Waals surface area contributed by atoms with Crippen molar-refractivity contribution in [3.63, 3.8) is 0 Å². The number of aryl methyl sites for hydroxylation is 1. The van der Waals surface area contributed by atoms with Gasteiger partial charge in [-0.05, 0) is 52.7 Å². The van der Waals surface area contributed by atoms with Crippen LogP contribution in [0, 0.1) is 6.92 Å². The largest absolute Gasteiger partial charge is 0.289 e. The first kappa shape index (κ1) is 14.0. The molecule has 3 aromatic rings. The van der Waals surface area contributed by atoms with Crippen LogP contribution in [0.15, 0.2) is 50.7 Å². The van der Waals surface area contributed by atoms with E-state index in [1.165, 1.54) is 0 Å². The van der Waals surface area contributed by atoms with Gasteiger partial charge in [0.15, 0.2) is 5.78 Å². The number of benzene rings is 2. The maximum atomic E-state index is 12.7. The standard InChI is InChI=1S/C16H10Br2OS/c1-9-5-10(7-11(17)6-9)15(19)13-8-20-16-12(13)3-2-4-14(16)18/h2-8H,1H3. The van der Waals surface area contributed by atoms with Crippen LogP contribution in [-0.4, -0.2) is 5.78 Å². The smallest absolute Gasteiger partial charge is 0.194 e. The van der Waals surface area contributed by atoms with Gasteiger partial charge in [0.1, 0.15) is 0 Å². The first-order valence-electron chi connectivity index (χ1n) is 6.04. The molecule has 0 aliphatic rings. The van der Waals surface area contributed by atoms with Crippen molar-refractivity contribution >= 4 is 59.1 Å².